The minimum atomic E-state index is -4.20. The molecular formula is C25H23N4O5PS3. The molecule has 0 saturated carbocycles. The van der Waals surface area contributed by atoms with E-state index < -0.39 is 21.8 Å². The molecule has 0 spiro atoms. The molecule has 0 saturated heterocycles. The van der Waals surface area contributed by atoms with Crippen LogP contribution in [0.5, 0.6) is 5.88 Å². The summed E-state index contributed by atoms with van der Waals surface area (Å²) in [7, 11) is -3.58. The van der Waals surface area contributed by atoms with Crippen molar-refractivity contribution in [2.75, 3.05) is 6.54 Å². The second-order valence-electron chi connectivity index (χ2n) is 9.55. The number of ether oxygens (including phenoxy) is 1. The van der Waals surface area contributed by atoms with Gasteiger partial charge in [0, 0.05) is 42.0 Å². The molecule has 0 N–H and O–H groups in total. The summed E-state index contributed by atoms with van der Waals surface area (Å²) in [6, 6.07) is 9.72. The first-order valence-electron chi connectivity index (χ1n) is 11.6. The van der Waals surface area contributed by atoms with Crippen LogP contribution in [0.3, 0.4) is 0 Å². The minimum absolute atomic E-state index is 0.00248. The van der Waals surface area contributed by atoms with Gasteiger partial charge in [-0.25, -0.2) is 9.78 Å². The molecule has 13 heteroatoms. The second kappa shape index (κ2) is 10.3. The quantitative estimate of drug-likeness (QED) is 0.239. The smallest absolute Gasteiger partial charge is 0.410 e. The average Bonchev–Trinajstić information content (AvgIpc) is 3.26. The first-order chi connectivity index (χ1) is 18.0. The number of hydrogen-bond donors (Lipinski definition) is 0. The van der Waals surface area contributed by atoms with Crippen molar-refractivity contribution in [1.29, 1.82) is 0 Å². The third-order valence-corrected chi connectivity index (χ3v) is 9.16. The molecule has 4 aromatic rings. The molecule has 1 amide bonds. The van der Waals surface area contributed by atoms with Crippen molar-refractivity contribution in [3.63, 3.8) is 0 Å². The molecule has 9 nitrogen and oxygen atoms in total. The zero-order chi connectivity index (χ0) is 27.1. The van der Waals surface area contributed by atoms with Gasteiger partial charge in [0.1, 0.15) is 15.3 Å². The fourth-order valence-corrected chi connectivity index (χ4v) is 6.72. The highest BCUT2D eigenvalue weighted by molar-refractivity contribution is 7.99. The van der Waals surface area contributed by atoms with Crippen LogP contribution in [0.1, 0.15) is 31.2 Å². The summed E-state index contributed by atoms with van der Waals surface area (Å²) in [5.74, 6) is 0.267. The van der Waals surface area contributed by atoms with Crippen LogP contribution in [0, 0.1) is 0 Å². The summed E-state index contributed by atoms with van der Waals surface area (Å²) in [5.41, 5.74) is 0.928. The van der Waals surface area contributed by atoms with Gasteiger partial charge in [0.15, 0.2) is 5.82 Å². The van der Waals surface area contributed by atoms with Gasteiger partial charge in [-0.3, -0.25) is 4.98 Å². The van der Waals surface area contributed by atoms with Crippen LogP contribution in [0.2, 0.25) is 0 Å². The summed E-state index contributed by atoms with van der Waals surface area (Å²) in [4.78, 5) is 29.1. The minimum Gasteiger partial charge on any atom is -0.444 e. The van der Waals surface area contributed by atoms with E-state index in [1.54, 1.807) is 41.6 Å². The Morgan fingerprint density at radius 1 is 1.11 bits per heavy atom. The van der Waals surface area contributed by atoms with Crippen LogP contribution in [-0.2, 0) is 39.6 Å². The number of carbonyl (C=O) groups excluding carboxylic acids is 1. The van der Waals surface area contributed by atoms with E-state index in [1.165, 1.54) is 23.5 Å². The third-order valence-electron chi connectivity index (χ3n) is 5.68. The lowest BCUT2D eigenvalue weighted by Gasteiger charge is -2.30. The number of nitrogens with zero attached hydrogens (tertiary/aromatic N) is 4. The highest BCUT2D eigenvalue weighted by atomic mass is 32.4. The molecule has 0 bridgehead atoms. The lowest BCUT2D eigenvalue weighted by atomic mass is 10.1. The van der Waals surface area contributed by atoms with Crippen LogP contribution in [0.4, 0.5) is 4.79 Å². The highest BCUT2D eigenvalue weighted by Crippen LogP contribution is 2.40. The number of thiophene rings is 1. The van der Waals surface area contributed by atoms with Gasteiger partial charge >= 0.3 is 16.2 Å². The molecule has 1 aliphatic rings. The summed E-state index contributed by atoms with van der Waals surface area (Å²) in [5, 5.41) is 1.35. The van der Waals surface area contributed by atoms with Crippen molar-refractivity contribution in [3.05, 3.63) is 59.2 Å². The maximum Gasteiger partial charge on any atom is 0.410 e. The summed E-state index contributed by atoms with van der Waals surface area (Å²) < 4.78 is 37.8. The van der Waals surface area contributed by atoms with E-state index in [4.69, 9.17) is 25.7 Å². The van der Waals surface area contributed by atoms with Crippen LogP contribution in [0.15, 0.2) is 53.7 Å². The highest BCUT2D eigenvalue weighted by Gasteiger charge is 2.31. The Morgan fingerprint density at radius 3 is 2.47 bits per heavy atom. The van der Waals surface area contributed by atoms with Crippen LogP contribution < -0.4 is 9.49 Å². The van der Waals surface area contributed by atoms with Gasteiger partial charge in [0.05, 0.1) is 11.9 Å². The zero-order valence-corrected chi connectivity index (χ0v) is 24.1. The monoisotopic (exact) mass is 586 g/mol. The van der Waals surface area contributed by atoms with Gasteiger partial charge < -0.3 is 13.8 Å². The van der Waals surface area contributed by atoms with Crippen molar-refractivity contribution in [2.24, 2.45) is 0 Å². The Labute approximate surface area is 230 Å². The van der Waals surface area contributed by atoms with E-state index in [1.807, 2.05) is 20.8 Å². The lowest BCUT2D eigenvalue weighted by Crippen LogP contribution is -2.39. The first kappa shape index (κ1) is 26.6. The maximum absolute atomic E-state index is 13.3. The summed E-state index contributed by atoms with van der Waals surface area (Å²) in [6.07, 6.45) is 3.30. The van der Waals surface area contributed by atoms with Crippen molar-refractivity contribution >= 4 is 62.2 Å². The number of pyridine rings is 1. The molecular weight excluding hydrogens is 563 g/mol. The summed E-state index contributed by atoms with van der Waals surface area (Å²) >= 11 is 6.39. The number of rotatable bonds is 5. The van der Waals surface area contributed by atoms with Gasteiger partial charge in [0.2, 0.25) is 5.88 Å². The van der Waals surface area contributed by atoms with Crippen LogP contribution in [0.25, 0.3) is 21.6 Å². The third kappa shape index (κ3) is 5.54. The van der Waals surface area contributed by atoms with Gasteiger partial charge in [0.25, 0.3) is 0 Å². The van der Waals surface area contributed by atoms with E-state index in [2.05, 4.69) is 9.97 Å². The zero-order valence-electron chi connectivity index (χ0n) is 20.7. The summed E-state index contributed by atoms with van der Waals surface area (Å²) in [6.45, 7) is 6.20. The molecule has 5 rings (SSSR count). The Hall–Kier alpha value is -3.05. The van der Waals surface area contributed by atoms with Gasteiger partial charge in [-0.15, -0.1) is 11.3 Å². The Morgan fingerprint density at radius 2 is 1.82 bits per heavy atom. The number of benzene rings is 1. The molecule has 1 aromatic carbocycles. The molecule has 3 aromatic heterocycles. The topological polar surface area (TPSA) is 112 Å². The van der Waals surface area contributed by atoms with Crippen molar-refractivity contribution in [3.8, 4) is 17.3 Å². The lowest BCUT2D eigenvalue weighted by molar-refractivity contribution is 0.0227. The van der Waals surface area contributed by atoms with Crippen molar-refractivity contribution in [1.82, 2.24) is 19.9 Å². The molecule has 0 unspecified atom stereocenters. The predicted molar refractivity (Wildman–Crippen MR) is 149 cm³/mol. The van der Waals surface area contributed by atoms with Crippen molar-refractivity contribution < 1.29 is 22.1 Å². The first-order valence-corrected chi connectivity index (χ1v) is 15.8. The second-order valence-corrected chi connectivity index (χ2v) is 13.4. The molecule has 0 radical (unpaired) electrons. The predicted octanol–water partition coefficient (Wildman–Crippen LogP) is 4.85. The van der Waals surface area contributed by atoms with E-state index in [0.717, 1.165) is 15.7 Å². The largest absolute Gasteiger partial charge is 0.444 e. The molecule has 38 heavy (non-hydrogen) atoms. The number of amides is 1. The van der Waals surface area contributed by atoms with Crippen molar-refractivity contribution in [2.45, 2.75) is 44.2 Å². The van der Waals surface area contributed by atoms with Crippen LogP contribution >= 0.6 is 18.7 Å². The number of fused-ring (bicyclic) bond motifs is 3. The van der Waals surface area contributed by atoms with E-state index in [9.17, 15) is 13.2 Å². The maximum atomic E-state index is 13.3. The number of hydrogen-bond acceptors (Lipinski definition) is 10. The number of aromatic nitrogens is 3. The molecule has 0 fully saturated rings. The van der Waals surface area contributed by atoms with E-state index in [-0.39, 0.29) is 10.8 Å². The molecule has 4 heterocycles. The molecule has 196 valence electrons. The number of carbonyl (C=O) groups is 1. The SMILES string of the molecule is CC(C)(C)OC(=O)N1CCc2c(sc3nc(-c4ccncc4)nc(OS(=O)(=O)c4ccc(P=S)cc4)c23)C1. The van der Waals surface area contributed by atoms with Crippen LogP contribution in [-0.4, -0.2) is 46.5 Å². The normalized spacial score (nSPS) is 13.9. The molecule has 0 atom stereocenters. The Kier molecular flexibility index (Phi) is 7.17. The standard InChI is InChI=1S/C25H23N4O5PS3/c1-25(2,3)33-24(30)29-13-10-18-19(14-29)37-23-20(18)22(27-21(28-23)15-8-11-26-12-9-15)34-38(31,32)17-6-4-16(35-36)5-7-17/h4-9,11-12H,10,13-14H2,1-3H3. The Bertz CT molecular complexity index is 1640. The van der Waals surface area contributed by atoms with E-state index in [0.29, 0.717) is 48.5 Å². The fraction of sp³-hybridized carbons (Fsp3) is 0.280. The molecule has 1 aliphatic heterocycles. The van der Waals surface area contributed by atoms with E-state index >= 15 is 0 Å². The molecule has 0 aliphatic carbocycles. The van der Waals surface area contributed by atoms with Gasteiger partial charge in [-0.1, -0.05) is 11.8 Å². The Balaban J connectivity index is 1.58. The van der Waals surface area contributed by atoms with Gasteiger partial charge in [-0.05, 0) is 69.2 Å². The average molecular weight is 587 g/mol. The fourth-order valence-electron chi connectivity index (χ4n) is 3.96. The van der Waals surface area contributed by atoms with Gasteiger partial charge in [-0.2, -0.15) is 13.4 Å².